The van der Waals surface area contributed by atoms with Crippen molar-refractivity contribution in [2.24, 2.45) is 5.73 Å². The monoisotopic (exact) mass is 294 g/mol. The molecule has 5 heteroatoms. The predicted octanol–water partition coefficient (Wildman–Crippen LogP) is 1.50. The van der Waals surface area contributed by atoms with E-state index in [9.17, 15) is 4.79 Å². The molecule has 0 spiro atoms. The van der Waals surface area contributed by atoms with Crippen molar-refractivity contribution in [2.45, 2.75) is 38.3 Å². The molecule has 0 aliphatic carbocycles. The van der Waals surface area contributed by atoms with Crippen LogP contribution in [0, 0.1) is 0 Å². The molecule has 2 atom stereocenters. The van der Waals surface area contributed by atoms with Crippen LogP contribution in [0.1, 0.15) is 25.3 Å². The van der Waals surface area contributed by atoms with Gasteiger partial charge in [0.25, 0.3) is 0 Å². The summed E-state index contributed by atoms with van der Waals surface area (Å²) in [6.07, 6.45) is 1.90. The summed E-state index contributed by atoms with van der Waals surface area (Å²) in [5, 5.41) is 2.97. The Balaban J connectivity index is 2.32. The lowest BCUT2D eigenvalue weighted by Gasteiger charge is -2.17. The summed E-state index contributed by atoms with van der Waals surface area (Å²) in [5.74, 6) is 0.835. The van der Waals surface area contributed by atoms with Crippen LogP contribution in [0.2, 0.25) is 0 Å². The number of hydrogen-bond acceptors (Lipinski definition) is 4. The molecule has 1 amide bonds. The van der Waals surface area contributed by atoms with E-state index in [0.717, 1.165) is 18.6 Å². The number of aryl methyl sites for hydroxylation is 1. The SMILES string of the molecule is COc1ccc(CCC(C)NC(=O)CC(CN)OC)cc1. The molecule has 118 valence electrons. The lowest BCUT2D eigenvalue weighted by Crippen LogP contribution is -2.37. The zero-order valence-electron chi connectivity index (χ0n) is 13.1. The maximum atomic E-state index is 11.8. The summed E-state index contributed by atoms with van der Waals surface area (Å²) < 4.78 is 10.2. The van der Waals surface area contributed by atoms with Gasteiger partial charge in [-0.05, 0) is 37.5 Å². The third-order valence-electron chi connectivity index (χ3n) is 3.44. The molecule has 1 aromatic carbocycles. The molecule has 1 rings (SSSR count). The first kappa shape index (κ1) is 17.5. The Kier molecular flexibility index (Phi) is 7.79. The van der Waals surface area contributed by atoms with Crippen LogP contribution in [0.4, 0.5) is 0 Å². The smallest absolute Gasteiger partial charge is 0.222 e. The fourth-order valence-corrected chi connectivity index (χ4v) is 2.05. The Labute approximate surface area is 126 Å². The average Bonchev–Trinajstić information content (AvgIpc) is 2.51. The third kappa shape index (κ3) is 6.60. The van der Waals surface area contributed by atoms with Crippen molar-refractivity contribution >= 4 is 5.91 Å². The molecule has 5 nitrogen and oxygen atoms in total. The van der Waals surface area contributed by atoms with E-state index in [1.165, 1.54) is 5.56 Å². The second kappa shape index (κ2) is 9.37. The van der Waals surface area contributed by atoms with Gasteiger partial charge in [-0.2, -0.15) is 0 Å². The zero-order chi connectivity index (χ0) is 15.7. The highest BCUT2D eigenvalue weighted by molar-refractivity contribution is 5.76. The van der Waals surface area contributed by atoms with Crippen molar-refractivity contribution in [3.8, 4) is 5.75 Å². The van der Waals surface area contributed by atoms with Crippen molar-refractivity contribution < 1.29 is 14.3 Å². The third-order valence-corrected chi connectivity index (χ3v) is 3.44. The summed E-state index contributed by atoms with van der Waals surface area (Å²) in [5.41, 5.74) is 6.74. The molecular weight excluding hydrogens is 268 g/mol. The summed E-state index contributed by atoms with van der Waals surface area (Å²) >= 11 is 0. The molecule has 21 heavy (non-hydrogen) atoms. The van der Waals surface area contributed by atoms with E-state index in [2.05, 4.69) is 5.32 Å². The molecule has 0 aliphatic rings. The number of nitrogens with two attached hydrogens (primary N) is 1. The number of ether oxygens (including phenoxy) is 2. The van der Waals surface area contributed by atoms with Gasteiger partial charge in [-0.15, -0.1) is 0 Å². The maximum absolute atomic E-state index is 11.8. The van der Waals surface area contributed by atoms with Crippen molar-refractivity contribution in [1.82, 2.24) is 5.32 Å². The molecule has 3 N–H and O–H groups in total. The standard InChI is InChI=1S/C16H26N2O3/c1-12(18-16(19)10-15(11-17)21-3)4-5-13-6-8-14(20-2)9-7-13/h6-9,12,15H,4-5,10-11,17H2,1-3H3,(H,18,19). The minimum Gasteiger partial charge on any atom is -0.497 e. The van der Waals surface area contributed by atoms with Crippen molar-refractivity contribution in [3.05, 3.63) is 29.8 Å². The minimum atomic E-state index is -0.209. The molecule has 0 fully saturated rings. The molecule has 0 saturated heterocycles. The van der Waals surface area contributed by atoms with Crippen LogP contribution in [0.25, 0.3) is 0 Å². The van der Waals surface area contributed by atoms with Crippen molar-refractivity contribution in [1.29, 1.82) is 0 Å². The van der Waals surface area contributed by atoms with Gasteiger partial charge in [-0.1, -0.05) is 12.1 Å². The molecule has 0 aromatic heterocycles. The number of nitrogens with one attached hydrogen (secondary N) is 1. The number of methoxy groups -OCH3 is 2. The van der Waals surface area contributed by atoms with Crippen LogP contribution in [0.5, 0.6) is 5.75 Å². The molecule has 0 heterocycles. The lowest BCUT2D eigenvalue weighted by atomic mass is 10.1. The van der Waals surface area contributed by atoms with Gasteiger partial charge in [0.1, 0.15) is 5.75 Å². The average molecular weight is 294 g/mol. The van der Waals surface area contributed by atoms with Gasteiger partial charge in [0.05, 0.1) is 19.6 Å². The van der Waals surface area contributed by atoms with Crippen LogP contribution < -0.4 is 15.8 Å². The van der Waals surface area contributed by atoms with E-state index in [4.69, 9.17) is 15.2 Å². The largest absolute Gasteiger partial charge is 0.497 e. The first-order valence-corrected chi connectivity index (χ1v) is 7.24. The number of amides is 1. The Hall–Kier alpha value is -1.59. The van der Waals surface area contributed by atoms with Gasteiger partial charge in [-0.25, -0.2) is 0 Å². The number of carbonyl (C=O) groups excluding carboxylic acids is 1. The highest BCUT2D eigenvalue weighted by atomic mass is 16.5. The van der Waals surface area contributed by atoms with E-state index in [1.54, 1.807) is 14.2 Å². The van der Waals surface area contributed by atoms with Gasteiger partial charge in [0.2, 0.25) is 5.91 Å². The summed E-state index contributed by atoms with van der Waals surface area (Å²) in [6.45, 7) is 2.36. The molecule has 0 aliphatic heterocycles. The number of benzene rings is 1. The van der Waals surface area contributed by atoms with Crippen molar-refractivity contribution in [3.63, 3.8) is 0 Å². The van der Waals surface area contributed by atoms with Crippen LogP contribution in [-0.4, -0.2) is 38.8 Å². The Morgan fingerprint density at radius 2 is 1.95 bits per heavy atom. The number of rotatable bonds is 9. The number of hydrogen-bond donors (Lipinski definition) is 2. The topological polar surface area (TPSA) is 73.6 Å². The summed E-state index contributed by atoms with van der Waals surface area (Å²) in [6, 6.07) is 8.10. The quantitative estimate of drug-likeness (QED) is 0.724. The molecule has 0 radical (unpaired) electrons. The molecule has 0 bridgehead atoms. The van der Waals surface area contributed by atoms with Crippen LogP contribution in [0.15, 0.2) is 24.3 Å². The van der Waals surface area contributed by atoms with E-state index in [0.29, 0.717) is 13.0 Å². The molecular formula is C16H26N2O3. The van der Waals surface area contributed by atoms with Crippen LogP contribution in [0.3, 0.4) is 0 Å². The van der Waals surface area contributed by atoms with Crippen LogP contribution >= 0.6 is 0 Å². The minimum absolute atomic E-state index is 0.0190. The highest BCUT2D eigenvalue weighted by Gasteiger charge is 2.13. The molecule has 1 aromatic rings. The second-order valence-corrected chi connectivity index (χ2v) is 5.15. The Morgan fingerprint density at radius 1 is 1.29 bits per heavy atom. The Morgan fingerprint density at radius 3 is 2.48 bits per heavy atom. The van der Waals surface area contributed by atoms with Gasteiger partial charge >= 0.3 is 0 Å². The maximum Gasteiger partial charge on any atom is 0.222 e. The van der Waals surface area contributed by atoms with Gasteiger partial charge < -0.3 is 20.5 Å². The van der Waals surface area contributed by atoms with E-state index in [-0.39, 0.29) is 18.1 Å². The highest BCUT2D eigenvalue weighted by Crippen LogP contribution is 2.13. The van der Waals surface area contributed by atoms with Crippen molar-refractivity contribution in [2.75, 3.05) is 20.8 Å². The lowest BCUT2D eigenvalue weighted by molar-refractivity contribution is -0.124. The van der Waals surface area contributed by atoms with E-state index in [1.807, 2.05) is 31.2 Å². The number of carbonyl (C=O) groups is 1. The van der Waals surface area contributed by atoms with Crippen LogP contribution in [-0.2, 0) is 16.0 Å². The fraction of sp³-hybridized carbons (Fsp3) is 0.562. The summed E-state index contributed by atoms with van der Waals surface area (Å²) in [4.78, 5) is 11.8. The first-order valence-electron chi connectivity index (χ1n) is 7.24. The Bertz CT molecular complexity index is 416. The molecule has 2 unspecified atom stereocenters. The van der Waals surface area contributed by atoms with Gasteiger partial charge in [0, 0.05) is 19.7 Å². The first-order chi connectivity index (χ1) is 10.1. The fourth-order valence-electron chi connectivity index (χ4n) is 2.05. The summed E-state index contributed by atoms with van der Waals surface area (Å²) in [7, 11) is 3.22. The predicted molar refractivity (Wildman–Crippen MR) is 83.4 cm³/mol. The normalized spacial score (nSPS) is 13.5. The van der Waals surface area contributed by atoms with E-state index < -0.39 is 0 Å². The van der Waals surface area contributed by atoms with E-state index >= 15 is 0 Å². The zero-order valence-corrected chi connectivity index (χ0v) is 13.1. The molecule has 0 saturated carbocycles. The van der Waals surface area contributed by atoms with Gasteiger partial charge in [0.15, 0.2) is 0 Å². The van der Waals surface area contributed by atoms with Gasteiger partial charge in [-0.3, -0.25) is 4.79 Å². The second-order valence-electron chi connectivity index (χ2n) is 5.15.